The van der Waals surface area contributed by atoms with Gasteiger partial charge in [0.05, 0.1) is 0 Å². The SMILES string of the molecule is CCCCC1CC(=O)NC1=O.O=S(=O)(O)C(F)(F)F. The van der Waals surface area contributed by atoms with Crippen molar-refractivity contribution in [2.24, 2.45) is 5.92 Å². The zero-order valence-corrected chi connectivity index (χ0v) is 10.8. The van der Waals surface area contributed by atoms with Crippen LogP contribution < -0.4 is 5.32 Å². The van der Waals surface area contributed by atoms with Crippen molar-refractivity contribution in [2.45, 2.75) is 38.1 Å². The first-order valence-electron chi connectivity index (χ1n) is 5.36. The van der Waals surface area contributed by atoms with Crippen LogP contribution in [0.15, 0.2) is 0 Å². The predicted octanol–water partition coefficient (Wildman–Crippen LogP) is 1.23. The molecule has 0 aromatic rings. The second-order valence-electron chi connectivity index (χ2n) is 3.88. The fourth-order valence-electron chi connectivity index (χ4n) is 1.29. The van der Waals surface area contributed by atoms with Gasteiger partial charge in [-0.2, -0.15) is 21.6 Å². The van der Waals surface area contributed by atoms with Gasteiger partial charge in [-0.15, -0.1) is 0 Å². The van der Waals surface area contributed by atoms with Crippen molar-refractivity contribution in [3.05, 3.63) is 0 Å². The molecule has 1 saturated heterocycles. The summed E-state index contributed by atoms with van der Waals surface area (Å²) in [6.45, 7) is 2.08. The normalized spacial score (nSPS) is 19.7. The summed E-state index contributed by atoms with van der Waals surface area (Å²) in [5.74, 6) is -0.234. The topological polar surface area (TPSA) is 101 Å². The van der Waals surface area contributed by atoms with E-state index in [-0.39, 0.29) is 17.7 Å². The molecule has 1 heterocycles. The second kappa shape index (κ2) is 6.85. The lowest BCUT2D eigenvalue weighted by atomic mass is 10.0. The van der Waals surface area contributed by atoms with Crippen molar-refractivity contribution in [1.29, 1.82) is 0 Å². The van der Waals surface area contributed by atoms with Gasteiger partial charge in [0.15, 0.2) is 0 Å². The van der Waals surface area contributed by atoms with Gasteiger partial charge in [-0.3, -0.25) is 19.5 Å². The minimum Gasteiger partial charge on any atom is -0.296 e. The Labute approximate surface area is 108 Å². The van der Waals surface area contributed by atoms with Crippen molar-refractivity contribution in [1.82, 2.24) is 5.32 Å². The molecule has 0 aromatic carbocycles. The number of halogens is 3. The van der Waals surface area contributed by atoms with Crippen LogP contribution in [0, 0.1) is 5.92 Å². The minimum atomic E-state index is -5.84. The molecule has 19 heavy (non-hydrogen) atoms. The third kappa shape index (κ3) is 6.53. The first-order valence-corrected chi connectivity index (χ1v) is 6.80. The molecule has 0 aliphatic carbocycles. The van der Waals surface area contributed by atoms with Crippen LogP contribution >= 0.6 is 0 Å². The number of nitrogens with one attached hydrogen (secondary N) is 1. The lowest BCUT2D eigenvalue weighted by molar-refractivity contribution is -0.125. The Morgan fingerprint density at radius 1 is 1.37 bits per heavy atom. The van der Waals surface area contributed by atoms with Crippen LogP contribution in [0.4, 0.5) is 13.2 Å². The van der Waals surface area contributed by atoms with Gasteiger partial charge in [0.25, 0.3) is 0 Å². The standard InChI is InChI=1S/C8H13NO2.CHF3O3S/c1-2-3-4-6-5-7(10)9-8(6)11;2-1(3,4)8(5,6)7/h6H,2-5H2,1H3,(H,9,10,11);(H,5,6,7). The Bertz CT molecular complexity index is 432. The molecule has 1 aliphatic rings. The van der Waals surface area contributed by atoms with Crippen molar-refractivity contribution in [2.75, 3.05) is 0 Å². The number of carbonyl (C=O) groups is 2. The average molecular weight is 305 g/mol. The fraction of sp³-hybridized carbons (Fsp3) is 0.778. The molecule has 10 heteroatoms. The van der Waals surface area contributed by atoms with E-state index in [0.29, 0.717) is 6.42 Å². The molecule has 0 aromatic heterocycles. The molecule has 112 valence electrons. The van der Waals surface area contributed by atoms with Crippen molar-refractivity contribution in [3.63, 3.8) is 0 Å². The Kier molecular flexibility index (Phi) is 6.43. The smallest absolute Gasteiger partial charge is 0.296 e. The van der Waals surface area contributed by atoms with E-state index in [1.807, 2.05) is 0 Å². The summed E-state index contributed by atoms with van der Waals surface area (Å²) >= 11 is 0. The van der Waals surface area contributed by atoms with Gasteiger partial charge < -0.3 is 0 Å². The molecule has 0 saturated carbocycles. The van der Waals surface area contributed by atoms with E-state index in [2.05, 4.69) is 12.2 Å². The molecule has 2 N–H and O–H groups in total. The molecule has 1 rings (SSSR count). The molecular formula is C9H14F3NO5S. The minimum absolute atomic E-state index is 0.0394. The first-order chi connectivity index (χ1) is 8.49. The van der Waals surface area contributed by atoms with Crippen LogP contribution in [-0.2, 0) is 19.7 Å². The van der Waals surface area contributed by atoms with Crippen molar-refractivity contribution >= 4 is 21.9 Å². The molecular weight excluding hydrogens is 291 g/mol. The van der Waals surface area contributed by atoms with E-state index < -0.39 is 15.6 Å². The molecule has 1 atom stereocenters. The van der Waals surface area contributed by atoms with Gasteiger partial charge in [-0.05, 0) is 6.42 Å². The second-order valence-corrected chi connectivity index (χ2v) is 5.29. The van der Waals surface area contributed by atoms with Crippen LogP contribution in [0.5, 0.6) is 0 Å². The maximum Gasteiger partial charge on any atom is 0.522 e. The highest BCUT2D eigenvalue weighted by Crippen LogP contribution is 2.20. The number of carbonyl (C=O) groups excluding carboxylic acids is 2. The highest BCUT2D eigenvalue weighted by Gasteiger charge is 2.44. The molecule has 2 amide bonds. The summed E-state index contributed by atoms with van der Waals surface area (Å²) in [6, 6.07) is 0. The summed E-state index contributed by atoms with van der Waals surface area (Å²) in [5, 5.41) is 2.30. The zero-order valence-electron chi connectivity index (χ0n) is 10.0. The van der Waals surface area contributed by atoms with Crippen LogP contribution in [0.1, 0.15) is 32.6 Å². The summed E-state index contributed by atoms with van der Waals surface area (Å²) in [4.78, 5) is 21.7. The Hall–Kier alpha value is -1.16. The monoisotopic (exact) mass is 305 g/mol. The molecule has 0 radical (unpaired) electrons. The molecule has 0 bridgehead atoms. The van der Waals surface area contributed by atoms with E-state index in [4.69, 9.17) is 13.0 Å². The number of rotatable bonds is 3. The number of alkyl halides is 3. The lowest BCUT2D eigenvalue weighted by Gasteiger charge is -2.01. The van der Waals surface area contributed by atoms with Gasteiger partial charge in [0, 0.05) is 12.3 Å². The van der Waals surface area contributed by atoms with Crippen molar-refractivity contribution in [3.8, 4) is 0 Å². The van der Waals surface area contributed by atoms with Gasteiger partial charge in [-0.25, -0.2) is 0 Å². The molecule has 0 spiro atoms. The number of imide groups is 1. The highest BCUT2D eigenvalue weighted by atomic mass is 32.2. The summed E-state index contributed by atoms with van der Waals surface area (Å²) in [5.41, 5.74) is -5.53. The Morgan fingerprint density at radius 3 is 2.11 bits per heavy atom. The van der Waals surface area contributed by atoms with Gasteiger partial charge >= 0.3 is 15.6 Å². The predicted molar refractivity (Wildman–Crippen MR) is 58.4 cm³/mol. The fourth-order valence-corrected chi connectivity index (χ4v) is 1.29. The number of amides is 2. The van der Waals surface area contributed by atoms with Crippen LogP contribution in [0.2, 0.25) is 0 Å². The van der Waals surface area contributed by atoms with E-state index in [1.54, 1.807) is 0 Å². The van der Waals surface area contributed by atoms with Crippen LogP contribution in [0.25, 0.3) is 0 Å². The van der Waals surface area contributed by atoms with E-state index in [9.17, 15) is 22.8 Å². The summed E-state index contributed by atoms with van der Waals surface area (Å²) in [7, 11) is -5.84. The zero-order chi connectivity index (χ0) is 15.3. The maximum atomic E-state index is 11.0. The maximum absolute atomic E-state index is 11.0. The quantitative estimate of drug-likeness (QED) is 0.464. The van der Waals surface area contributed by atoms with E-state index >= 15 is 0 Å². The van der Waals surface area contributed by atoms with E-state index in [1.165, 1.54) is 0 Å². The number of unbranched alkanes of at least 4 members (excludes halogenated alkanes) is 1. The third-order valence-electron chi connectivity index (χ3n) is 2.26. The number of hydrogen-bond acceptors (Lipinski definition) is 4. The molecule has 1 unspecified atom stereocenters. The highest BCUT2D eigenvalue weighted by molar-refractivity contribution is 7.86. The Morgan fingerprint density at radius 2 is 1.84 bits per heavy atom. The summed E-state index contributed by atoms with van der Waals surface area (Å²) < 4.78 is 57.5. The largest absolute Gasteiger partial charge is 0.522 e. The molecule has 6 nitrogen and oxygen atoms in total. The number of hydrogen-bond donors (Lipinski definition) is 2. The average Bonchev–Trinajstić information content (AvgIpc) is 2.52. The van der Waals surface area contributed by atoms with Gasteiger partial charge in [-0.1, -0.05) is 19.8 Å². The first kappa shape index (κ1) is 17.8. The van der Waals surface area contributed by atoms with Crippen molar-refractivity contribution < 1.29 is 35.7 Å². The van der Waals surface area contributed by atoms with Crippen LogP contribution in [-0.4, -0.2) is 30.3 Å². The van der Waals surface area contributed by atoms with Crippen LogP contribution in [0.3, 0.4) is 0 Å². The third-order valence-corrected chi connectivity index (χ3v) is 2.85. The molecule has 1 fully saturated rings. The van der Waals surface area contributed by atoms with Gasteiger partial charge in [0.2, 0.25) is 11.8 Å². The lowest BCUT2D eigenvalue weighted by Crippen LogP contribution is -2.21. The van der Waals surface area contributed by atoms with Gasteiger partial charge in [0.1, 0.15) is 0 Å². The van der Waals surface area contributed by atoms with E-state index in [0.717, 1.165) is 19.3 Å². The Balaban J connectivity index is 0.000000362. The molecule has 1 aliphatic heterocycles. The summed E-state index contributed by atoms with van der Waals surface area (Å²) in [6.07, 6.45) is 3.37.